The van der Waals surface area contributed by atoms with Crippen molar-refractivity contribution in [2.45, 2.75) is 33.2 Å². The van der Waals surface area contributed by atoms with Crippen LogP contribution < -0.4 is 10.6 Å². The average molecular weight is 320 g/mol. The zero-order valence-electron chi connectivity index (χ0n) is 13.4. The third-order valence-corrected chi connectivity index (χ3v) is 2.75. The van der Waals surface area contributed by atoms with Gasteiger partial charge in [0.2, 0.25) is 5.95 Å². The Bertz CT molecular complexity index is 741. The highest BCUT2D eigenvalue weighted by Crippen LogP contribution is 2.15. The van der Waals surface area contributed by atoms with E-state index in [1.54, 1.807) is 6.92 Å². The number of amides is 1. The standard InChI is InChI=1S/C16H18F2N4O/c1-9-7-13(21-15(19-9)22-16(2,3)4)14(23)20-10-5-6-11(17)12(18)8-10/h5-8H,1-4H3,(H,20,23)(H,19,21,22). The van der Waals surface area contributed by atoms with Gasteiger partial charge in [0.15, 0.2) is 11.6 Å². The molecule has 0 unspecified atom stereocenters. The van der Waals surface area contributed by atoms with E-state index in [1.807, 2.05) is 20.8 Å². The van der Waals surface area contributed by atoms with Crippen LogP contribution in [0.4, 0.5) is 20.4 Å². The quantitative estimate of drug-likeness (QED) is 0.908. The summed E-state index contributed by atoms with van der Waals surface area (Å²) in [6.07, 6.45) is 0. The molecule has 1 amide bonds. The van der Waals surface area contributed by atoms with Gasteiger partial charge in [0, 0.05) is 23.0 Å². The van der Waals surface area contributed by atoms with Gasteiger partial charge < -0.3 is 10.6 Å². The van der Waals surface area contributed by atoms with Crippen LogP contribution in [0.2, 0.25) is 0 Å². The molecule has 1 aromatic carbocycles. The number of nitrogens with zero attached hydrogens (tertiary/aromatic N) is 2. The van der Waals surface area contributed by atoms with Crippen molar-refractivity contribution < 1.29 is 13.6 Å². The van der Waals surface area contributed by atoms with Gasteiger partial charge in [-0.3, -0.25) is 4.79 Å². The molecule has 0 aliphatic rings. The van der Waals surface area contributed by atoms with E-state index in [-0.39, 0.29) is 16.9 Å². The summed E-state index contributed by atoms with van der Waals surface area (Å²) in [4.78, 5) is 20.6. The van der Waals surface area contributed by atoms with Crippen molar-refractivity contribution in [1.29, 1.82) is 0 Å². The Hall–Kier alpha value is -2.57. The first-order chi connectivity index (χ1) is 10.6. The van der Waals surface area contributed by atoms with E-state index in [2.05, 4.69) is 20.6 Å². The number of rotatable bonds is 3. The fraction of sp³-hybridized carbons (Fsp3) is 0.312. The van der Waals surface area contributed by atoms with Crippen molar-refractivity contribution in [1.82, 2.24) is 9.97 Å². The number of carbonyl (C=O) groups is 1. The molecule has 2 N–H and O–H groups in total. The lowest BCUT2D eigenvalue weighted by Crippen LogP contribution is -2.28. The minimum Gasteiger partial charge on any atom is -0.350 e. The van der Waals surface area contributed by atoms with E-state index in [0.29, 0.717) is 11.6 Å². The maximum Gasteiger partial charge on any atom is 0.274 e. The van der Waals surface area contributed by atoms with Gasteiger partial charge in [-0.1, -0.05) is 0 Å². The third kappa shape index (κ3) is 4.70. The summed E-state index contributed by atoms with van der Waals surface area (Å²) in [6, 6.07) is 4.65. The molecular weight excluding hydrogens is 302 g/mol. The third-order valence-electron chi connectivity index (χ3n) is 2.75. The van der Waals surface area contributed by atoms with Crippen LogP contribution in [-0.4, -0.2) is 21.4 Å². The zero-order valence-corrected chi connectivity index (χ0v) is 13.4. The molecule has 1 heterocycles. The number of benzene rings is 1. The Morgan fingerprint density at radius 3 is 2.39 bits per heavy atom. The summed E-state index contributed by atoms with van der Waals surface area (Å²) < 4.78 is 26.1. The van der Waals surface area contributed by atoms with Gasteiger partial charge in [0.25, 0.3) is 5.91 Å². The van der Waals surface area contributed by atoms with E-state index < -0.39 is 17.5 Å². The lowest BCUT2D eigenvalue weighted by Gasteiger charge is -2.20. The van der Waals surface area contributed by atoms with Crippen LogP contribution in [0.25, 0.3) is 0 Å². The van der Waals surface area contributed by atoms with Gasteiger partial charge in [-0.2, -0.15) is 0 Å². The second kappa shape index (κ2) is 6.28. The van der Waals surface area contributed by atoms with E-state index in [4.69, 9.17) is 0 Å². The van der Waals surface area contributed by atoms with Gasteiger partial charge in [0.05, 0.1) is 0 Å². The number of halogens is 2. The van der Waals surface area contributed by atoms with Crippen LogP contribution in [-0.2, 0) is 0 Å². The number of carbonyl (C=O) groups excluding carboxylic acids is 1. The molecule has 0 spiro atoms. The van der Waals surface area contributed by atoms with Gasteiger partial charge >= 0.3 is 0 Å². The van der Waals surface area contributed by atoms with Crippen LogP contribution in [0.15, 0.2) is 24.3 Å². The molecule has 0 saturated heterocycles. The lowest BCUT2D eigenvalue weighted by atomic mass is 10.1. The van der Waals surface area contributed by atoms with Crippen LogP contribution in [0, 0.1) is 18.6 Å². The SMILES string of the molecule is Cc1cc(C(=O)Nc2ccc(F)c(F)c2)nc(NC(C)(C)C)n1. The van der Waals surface area contributed by atoms with Gasteiger partial charge in [0.1, 0.15) is 5.69 Å². The maximum absolute atomic E-state index is 13.2. The Morgan fingerprint density at radius 2 is 1.78 bits per heavy atom. The van der Waals surface area contributed by atoms with Crippen LogP contribution >= 0.6 is 0 Å². The lowest BCUT2D eigenvalue weighted by molar-refractivity contribution is 0.102. The van der Waals surface area contributed by atoms with Crippen molar-refractivity contribution in [3.8, 4) is 0 Å². The molecule has 0 radical (unpaired) electrons. The molecule has 2 rings (SSSR count). The molecule has 23 heavy (non-hydrogen) atoms. The molecule has 0 bridgehead atoms. The fourth-order valence-electron chi connectivity index (χ4n) is 1.85. The predicted octanol–water partition coefficient (Wildman–Crippen LogP) is 3.53. The Kier molecular flexibility index (Phi) is 4.58. The van der Waals surface area contributed by atoms with E-state index in [0.717, 1.165) is 12.1 Å². The van der Waals surface area contributed by atoms with Crippen molar-refractivity contribution in [2.75, 3.05) is 10.6 Å². The minimum atomic E-state index is -1.03. The first-order valence-electron chi connectivity index (χ1n) is 7.04. The number of hydrogen-bond donors (Lipinski definition) is 2. The Morgan fingerprint density at radius 1 is 1.09 bits per heavy atom. The monoisotopic (exact) mass is 320 g/mol. The first-order valence-corrected chi connectivity index (χ1v) is 7.04. The Balaban J connectivity index is 2.23. The Labute approximate surface area is 133 Å². The van der Waals surface area contributed by atoms with E-state index >= 15 is 0 Å². The second-order valence-corrected chi connectivity index (χ2v) is 6.18. The summed E-state index contributed by atoms with van der Waals surface area (Å²) in [5, 5.41) is 5.57. The van der Waals surface area contributed by atoms with Crippen molar-refractivity contribution in [3.63, 3.8) is 0 Å². The topological polar surface area (TPSA) is 66.9 Å². The molecule has 0 atom stereocenters. The smallest absolute Gasteiger partial charge is 0.274 e. The van der Waals surface area contributed by atoms with E-state index in [9.17, 15) is 13.6 Å². The first kappa shape index (κ1) is 16.8. The second-order valence-electron chi connectivity index (χ2n) is 6.18. The molecule has 122 valence electrons. The minimum absolute atomic E-state index is 0.133. The number of nitrogens with one attached hydrogen (secondary N) is 2. The van der Waals surface area contributed by atoms with Gasteiger partial charge in [-0.05, 0) is 45.9 Å². The highest BCUT2D eigenvalue weighted by atomic mass is 19.2. The summed E-state index contributed by atoms with van der Waals surface area (Å²) in [5.74, 6) is -2.21. The highest BCUT2D eigenvalue weighted by Gasteiger charge is 2.15. The number of hydrogen-bond acceptors (Lipinski definition) is 4. The predicted molar refractivity (Wildman–Crippen MR) is 84.5 cm³/mol. The fourth-order valence-corrected chi connectivity index (χ4v) is 1.85. The molecule has 2 aromatic rings. The van der Waals surface area contributed by atoms with Crippen molar-refractivity contribution in [3.05, 3.63) is 47.3 Å². The molecule has 7 heteroatoms. The summed E-state index contributed by atoms with van der Waals surface area (Å²) in [7, 11) is 0. The van der Waals surface area contributed by atoms with E-state index in [1.165, 1.54) is 12.1 Å². The molecule has 5 nitrogen and oxygen atoms in total. The van der Waals surface area contributed by atoms with Gasteiger partial charge in [-0.15, -0.1) is 0 Å². The molecule has 0 aliphatic heterocycles. The number of aromatic nitrogens is 2. The number of anilines is 2. The largest absolute Gasteiger partial charge is 0.350 e. The van der Waals surface area contributed by atoms with Crippen LogP contribution in [0.5, 0.6) is 0 Å². The molecule has 1 aromatic heterocycles. The molecule has 0 saturated carbocycles. The van der Waals surface area contributed by atoms with Crippen molar-refractivity contribution in [2.24, 2.45) is 0 Å². The summed E-state index contributed by atoms with van der Waals surface area (Å²) in [6.45, 7) is 7.57. The summed E-state index contributed by atoms with van der Waals surface area (Å²) in [5.41, 5.74) is 0.633. The molecule has 0 fully saturated rings. The molecular formula is C16H18F2N4O. The van der Waals surface area contributed by atoms with Crippen LogP contribution in [0.3, 0.4) is 0 Å². The maximum atomic E-state index is 13.2. The highest BCUT2D eigenvalue weighted by molar-refractivity contribution is 6.03. The number of aryl methyl sites for hydroxylation is 1. The zero-order chi connectivity index (χ0) is 17.2. The average Bonchev–Trinajstić information content (AvgIpc) is 2.40. The normalized spacial score (nSPS) is 11.2. The molecule has 0 aliphatic carbocycles. The van der Waals surface area contributed by atoms with Gasteiger partial charge in [-0.25, -0.2) is 18.7 Å². The summed E-state index contributed by atoms with van der Waals surface area (Å²) >= 11 is 0. The van der Waals surface area contributed by atoms with Crippen molar-refractivity contribution >= 4 is 17.5 Å². The van der Waals surface area contributed by atoms with Crippen LogP contribution in [0.1, 0.15) is 37.0 Å².